The van der Waals surface area contributed by atoms with Crippen molar-refractivity contribution < 1.29 is 4.79 Å². The van der Waals surface area contributed by atoms with Crippen molar-refractivity contribution in [2.75, 3.05) is 32.0 Å². The van der Waals surface area contributed by atoms with Crippen molar-refractivity contribution in [3.8, 4) is 0 Å². The van der Waals surface area contributed by atoms with E-state index in [9.17, 15) is 4.79 Å². The third-order valence-corrected chi connectivity index (χ3v) is 3.74. The van der Waals surface area contributed by atoms with Gasteiger partial charge in [0, 0.05) is 24.5 Å². The Morgan fingerprint density at radius 3 is 2.59 bits per heavy atom. The molecule has 0 bridgehead atoms. The van der Waals surface area contributed by atoms with Crippen molar-refractivity contribution in [3.63, 3.8) is 0 Å². The molecule has 0 saturated heterocycles. The third-order valence-electron chi connectivity index (χ3n) is 3.17. The van der Waals surface area contributed by atoms with Crippen LogP contribution in [-0.4, -0.2) is 37.5 Å². The number of nitrogens with zero attached hydrogens (tertiary/aromatic N) is 1. The number of carbonyl (C=O) groups excluding carboxylic acids is 1. The highest BCUT2D eigenvalue weighted by molar-refractivity contribution is 6.35. The van der Waals surface area contributed by atoms with Gasteiger partial charge in [0.1, 0.15) is 0 Å². The van der Waals surface area contributed by atoms with Gasteiger partial charge in [-0.25, -0.2) is 0 Å². The number of nitrogens with two attached hydrogens (primary N) is 1. The predicted octanol–water partition coefficient (Wildman–Crippen LogP) is 3.66. The molecule has 4 nitrogen and oxygen atoms in total. The number of hydrogen-bond donors (Lipinski definition) is 2. The lowest BCUT2D eigenvalue weighted by molar-refractivity contribution is -0.116. The van der Waals surface area contributed by atoms with E-state index in [2.05, 4.69) is 24.1 Å². The Kier molecular flexibility index (Phi) is 9.35. The summed E-state index contributed by atoms with van der Waals surface area (Å²) < 4.78 is 0. The van der Waals surface area contributed by atoms with Gasteiger partial charge < -0.3 is 16.0 Å². The molecule has 7 heteroatoms. The van der Waals surface area contributed by atoms with Gasteiger partial charge in [0.25, 0.3) is 0 Å². The normalized spacial score (nSPS) is 11.2. The molecular formula is C15H24Cl3N3O. The minimum absolute atomic E-state index is 0. The molecule has 0 fully saturated rings. The minimum Gasteiger partial charge on any atom is -0.330 e. The summed E-state index contributed by atoms with van der Waals surface area (Å²) in [6, 6.07) is 4.99. The fourth-order valence-corrected chi connectivity index (χ4v) is 2.31. The lowest BCUT2D eigenvalue weighted by Gasteiger charge is -2.28. The number of halogens is 3. The van der Waals surface area contributed by atoms with Crippen LogP contribution in [0.5, 0.6) is 0 Å². The van der Waals surface area contributed by atoms with Crippen LogP contribution in [0.3, 0.4) is 0 Å². The van der Waals surface area contributed by atoms with E-state index < -0.39 is 0 Å². The summed E-state index contributed by atoms with van der Waals surface area (Å²) in [5, 5.41) is 3.79. The van der Waals surface area contributed by atoms with Gasteiger partial charge in [0.15, 0.2) is 0 Å². The van der Waals surface area contributed by atoms with Gasteiger partial charge in [-0.05, 0) is 37.2 Å². The maximum atomic E-state index is 12.0. The zero-order valence-electron chi connectivity index (χ0n) is 13.2. The Bertz CT molecular complexity index is 495. The van der Waals surface area contributed by atoms with E-state index in [1.54, 1.807) is 18.2 Å². The second-order valence-corrected chi connectivity index (χ2v) is 6.87. The summed E-state index contributed by atoms with van der Waals surface area (Å²) >= 11 is 11.9. The number of carbonyl (C=O) groups is 1. The topological polar surface area (TPSA) is 58.4 Å². The van der Waals surface area contributed by atoms with Crippen molar-refractivity contribution in [2.45, 2.75) is 20.3 Å². The van der Waals surface area contributed by atoms with Crippen LogP contribution in [0.2, 0.25) is 10.0 Å². The van der Waals surface area contributed by atoms with E-state index >= 15 is 0 Å². The van der Waals surface area contributed by atoms with E-state index in [1.165, 1.54) is 0 Å². The Morgan fingerprint density at radius 1 is 1.36 bits per heavy atom. The molecule has 0 aromatic heterocycles. The number of anilines is 1. The molecule has 1 aromatic rings. The maximum Gasteiger partial charge on any atom is 0.225 e. The summed E-state index contributed by atoms with van der Waals surface area (Å²) in [6.07, 6.45) is 0.389. The highest BCUT2D eigenvalue weighted by Gasteiger charge is 2.18. The monoisotopic (exact) mass is 367 g/mol. The minimum atomic E-state index is -0.0865. The van der Waals surface area contributed by atoms with E-state index in [0.29, 0.717) is 35.2 Å². The van der Waals surface area contributed by atoms with Gasteiger partial charge >= 0.3 is 0 Å². The second-order valence-electron chi connectivity index (χ2n) is 6.03. The van der Waals surface area contributed by atoms with Crippen molar-refractivity contribution in [1.82, 2.24) is 4.90 Å². The van der Waals surface area contributed by atoms with Gasteiger partial charge in [-0.1, -0.05) is 37.0 Å². The summed E-state index contributed by atoms with van der Waals surface area (Å²) in [5.74, 6) is -0.0865. The van der Waals surface area contributed by atoms with Crippen molar-refractivity contribution in [1.29, 1.82) is 0 Å². The van der Waals surface area contributed by atoms with Crippen molar-refractivity contribution in [2.24, 2.45) is 11.1 Å². The first-order valence-electron chi connectivity index (χ1n) is 6.87. The number of hydrogen-bond acceptors (Lipinski definition) is 3. The highest BCUT2D eigenvalue weighted by Crippen LogP contribution is 2.25. The first-order chi connectivity index (χ1) is 9.73. The molecule has 126 valence electrons. The molecule has 0 radical (unpaired) electrons. The molecule has 1 amide bonds. The molecule has 0 atom stereocenters. The fourth-order valence-electron chi connectivity index (χ4n) is 1.97. The van der Waals surface area contributed by atoms with E-state index in [-0.39, 0.29) is 23.7 Å². The largest absolute Gasteiger partial charge is 0.330 e. The molecule has 3 N–H and O–H groups in total. The quantitative estimate of drug-likeness (QED) is 0.772. The Balaban J connectivity index is 0.00000441. The van der Waals surface area contributed by atoms with Gasteiger partial charge in [0.05, 0.1) is 10.7 Å². The van der Waals surface area contributed by atoms with Gasteiger partial charge in [0.2, 0.25) is 5.91 Å². The Hall–Kier alpha value is -0.520. The van der Waals surface area contributed by atoms with Crippen molar-refractivity contribution in [3.05, 3.63) is 28.2 Å². The second kappa shape index (κ2) is 9.58. The van der Waals surface area contributed by atoms with Crippen LogP contribution in [0.1, 0.15) is 20.3 Å². The molecule has 0 aliphatic carbocycles. The summed E-state index contributed by atoms with van der Waals surface area (Å²) in [4.78, 5) is 14.1. The van der Waals surface area contributed by atoms with Crippen LogP contribution in [0, 0.1) is 5.41 Å². The zero-order valence-corrected chi connectivity index (χ0v) is 15.5. The molecular weight excluding hydrogens is 345 g/mol. The van der Waals surface area contributed by atoms with E-state index in [4.69, 9.17) is 28.9 Å². The molecule has 0 aliphatic heterocycles. The van der Waals surface area contributed by atoms with E-state index in [0.717, 1.165) is 6.54 Å². The lowest BCUT2D eigenvalue weighted by Crippen LogP contribution is -2.37. The molecule has 1 aromatic carbocycles. The van der Waals surface area contributed by atoms with Crippen LogP contribution >= 0.6 is 35.6 Å². The molecule has 0 spiro atoms. The Labute approximate surface area is 148 Å². The van der Waals surface area contributed by atoms with Crippen LogP contribution in [0.15, 0.2) is 18.2 Å². The average Bonchev–Trinajstić information content (AvgIpc) is 2.40. The van der Waals surface area contributed by atoms with Crippen LogP contribution in [-0.2, 0) is 4.79 Å². The maximum absolute atomic E-state index is 12.0. The van der Waals surface area contributed by atoms with Gasteiger partial charge in [-0.15, -0.1) is 12.4 Å². The number of amides is 1. The summed E-state index contributed by atoms with van der Waals surface area (Å²) in [5.41, 5.74) is 6.29. The van der Waals surface area contributed by atoms with Crippen LogP contribution < -0.4 is 11.1 Å². The molecule has 0 unspecified atom stereocenters. The lowest BCUT2D eigenvalue weighted by atomic mass is 9.93. The third kappa shape index (κ3) is 7.65. The molecule has 0 saturated carbocycles. The highest BCUT2D eigenvalue weighted by atomic mass is 35.5. The standard InChI is InChI=1S/C15H23Cl2N3O.ClH/c1-15(2,9-18)10-20(3)7-6-14(21)19-13-8-11(16)4-5-12(13)17;/h4-5,8H,6-7,9-10,18H2,1-3H3,(H,19,21);1H. The zero-order chi connectivity index (χ0) is 16.0. The van der Waals surface area contributed by atoms with Crippen LogP contribution in [0.4, 0.5) is 5.69 Å². The first-order valence-corrected chi connectivity index (χ1v) is 7.62. The average molecular weight is 369 g/mol. The molecule has 0 aliphatic rings. The van der Waals surface area contributed by atoms with Gasteiger partial charge in [-0.2, -0.15) is 0 Å². The fraction of sp³-hybridized carbons (Fsp3) is 0.533. The molecule has 1 rings (SSSR count). The van der Waals surface area contributed by atoms with Gasteiger partial charge in [-0.3, -0.25) is 4.79 Å². The summed E-state index contributed by atoms with van der Waals surface area (Å²) in [6.45, 7) is 6.33. The van der Waals surface area contributed by atoms with Crippen LogP contribution in [0.25, 0.3) is 0 Å². The predicted molar refractivity (Wildman–Crippen MR) is 97.3 cm³/mol. The number of nitrogens with one attached hydrogen (secondary N) is 1. The summed E-state index contributed by atoms with van der Waals surface area (Å²) in [7, 11) is 1.98. The molecule has 0 heterocycles. The number of rotatable bonds is 7. The first kappa shape index (κ1) is 21.5. The molecule has 22 heavy (non-hydrogen) atoms. The SMILES string of the molecule is CN(CCC(=O)Nc1cc(Cl)ccc1Cl)CC(C)(C)CN.Cl. The Morgan fingerprint density at radius 2 is 2.00 bits per heavy atom. The number of benzene rings is 1. The van der Waals surface area contributed by atoms with Crippen molar-refractivity contribution >= 4 is 47.2 Å². The van der Waals surface area contributed by atoms with E-state index in [1.807, 2.05) is 7.05 Å². The smallest absolute Gasteiger partial charge is 0.225 e.